The molecule has 1 aromatic rings. The Morgan fingerprint density at radius 1 is 1.00 bits per heavy atom. The predicted octanol–water partition coefficient (Wildman–Crippen LogP) is 1.60. The van der Waals surface area contributed by atoms with E-state index in [1.807, 2.05) is 19.1 Å². The maximum atomic E-state index is 11.6. The van der Waals surface area contributed by atoms with Crippen molar-refractivity contribution in [2.24, 2.45) is 0 Å². The second kappa shape index (κ2) is 9.09. The SMILES string of the molecule is Cc1ccc(NC(=O)C(=O)NCCCCCCO)cc1. The average Bonchev–Trinajstić information content (AvgIpc) is 2.45. The molecule has 0 aliphatic rings. The number of hydrogen-bond acceptors (Lipinski definition) is 3. The zero-order valence-electron chi connectivity index (χ0n) is 11.8. The summed E-state index contributed by atoms with van der Waals surface area (Å²) in [6, 6.07) is 7.26. The quantitative estimate of drug-likeness (QED) is 0.523. The number of nitrogens with one attached hydrogen (secondary N) is 2. The van der Waals surface area contributed by atoms with E-state index in [1.165, 1.54) is 0 Å². The number of carbonyl (C=O) groups excluding carboxylic acids is 2. The molecule has 0 aromatic heterocycles. The highest BCUT2D eigenvalue weighted by molar-refractivity contribution is 6.39. The lowest BCUT2D eigenvalue weighted by atomic mass is 10.2. The second-order valence-corrected chi connectivity index (χ2v) is 4.71. The van der Waals surface area contributed by atoms with Crippen molar-refractivity contribution in [3.8, 4) is 0 Å². The molecule has 0 heterocycles. The first-order chi connectivity index (χ1) is 9.63. The number of aliphatic hydroxyl groups is 1. The van der Waals surface area contributed by atoms with Gasteiger partial charge in [-0.15, -0.1) is 0 Å². The zero-order chi connectivity index (χ0) is 14.8. The van der Waals surface area contributed by atoms with E-state index in [0.717, 1.165) is 31.2 Å². The fourth-order valence-electron chi connectivity index (χ4n) is 1.70. The van der Waals surface area contributed by atoms with Crippen molar-refractivity contribution in [1.29, 1.82) is 0 Å². The highest BCUT2D eigenvalue weighted by Crippen LogP contribution is 2.08. The Balaban J connectivity index is 2.22. The lowest BCUT2D eigenvalue weighted by Gasteiger charge is -2.06. The van der Waals surface area contributed by atoms with Crippen LogP contribution in [0.2, 0.25) is 0 Å². The molecule has 0 aliphatic heterocycles. The maximum Gasteiger partial charge on any atom is 0.313 e. The summed E-state index contributed by atoms with van der Waals surface area (Å²) >= 11 is 0. The van der Waals surface area contributed by atoms with E-state index in [1.54, 1.807) is 12.1 Å². The van der Waals surface area contributed by atoms with Crippen LogP contribution >= 0.6 is 0 Å². The van der Waals surface area contributed by atoms with Crippen molar-refractivity contribution in [3.05, 3.63) is 29.8 Å². The summed E-state index contributed by atoms with van der Waals surface area (Å²) in [5.41, 5.74) is 1.70. The highest BCUT2D eigenvalue weighted by atomic mass is 16.3. The molecule has 0 radical (unpaired) electrons. The van der Waals surface area contributed by atoms with Crippen LogP contribution in [-0.4, -0.2) is 30.1 Å². The molecule has 5 heteroatoms. The number of carbonyl (C=O) groups is 2. The molecule has 0 unspecified atom stereocenters. The van der Waals surface area contributed by atoms with Crippen molar-refractivity contribution in [2.75, 3.05) is 18.5 Å². The van der Waals surface area contributed by atoms with Gasteiger partial charge in [0.2, 0.25) is 0 Å². The van der Waals surface area contributed by atoms with E-state index in [9.17, 15) is 9.59 Å². The fourth-order valence-corrected chi connectivity index (χ4v) is 1.70. The van der Waals surface area contributed by atoms with E-state index in [0.29, 0.717) is 12.2 Å². The van der Waals surface area contributed by atoms with Gasteiger partial charge in [-0.25, -0.2) is 0 Å². The average molecular weight is 278 g/mol. The molecule has 1 aromatic carbocycles. The fraction of sp³-hybridized carbons (Fsp3) is 0.467. The number of aryl methyl sites for hydroxylation is 1. The number of amides is 2. The topological polar surface area (TPSA) is 78.4 Å². The minimum absolute atomic E-state index is 0.200. The van der Waals surface area contributed by atoms with Crippen LogP contribution in [-0.2, 0) is 9.59 Å². The summed E-state index contributed by atoms with van der Waals surface area (Å²) < 4.78 is 0. The first-order valence-electron chi connectivity index (χ1n) is 6.90. The van der Waals surface area contributed by atoms with Gasteiger partial charge in [-0.1, -0.05) is 30.5 Å². The second-order valence-electron chi connectivity index (χ2n) is 4.71. The normalized spacial score (nSPS) is 10.1. The molecule has 2 amide bonds. The molecule has 0 atom stereocenters. The van der Waals surface area contributed by atoms with Gasteiger partial charge in [-0.2, -0.15) is 0 Å². The Hall–Kier alpha value is -1.88. The predicted molar refractivity (Wildman–Crippen MR) is 78.4 cm³/mol. The molecule has 20 heavy (non-hydrogen) atoms. The van der Waals surface area contributed by atoms with Crippen LogP contribution < -0.4 is 10.6 Å². The van der Waals surface area contributed by atoms with Crippen molar-refractivity contribution >= 4 is 17.5 Å². The Morgan fingerprint density at radius 2 is 1.65 bits per heavy atom. The number of benzene rings is 1. The van der Waals surface area contributed by atoms with Crippen molar-refractivity contribution in [2.45, 2.75) is 32.6 Å². The smallest absolute Gasteiger partial charge is 0.313 e. The first kappa shape index (κ1) is 16.2. The van der Waals surface area contributed by atoms with Crippen molar-refractivity contribution in [1.82, 2.24) is 5.32 Å². The molecule has 0 spiro atoms. The van der Waals surface area contributed by atoms with E-state index >= 15 is 0 Å². The van der Waals surface area contributed by atoms with Crippen LogP contribution in [0.4, 0.5) is 5.69 Å². The Labute approximate surface area is 119 Å². The van der Waals surface area contributed by atoms with Gasteiger partial charge in [0.15, 0.2) is 0 Å². The van der Waals surface area contributed by atoms with Crippen LogP contribution in [0.1, 0.15) is 31.2 Å². The number of hydrogen-bond donors (Lipinski definition) is 3. The third-order valence-corrected chi connectivity index (χ3v) is 2.89. The van der Waals surface area contributed by atoms with Crippen molar-refractivity contribution < 1.29 is 14.7 Å². The summed E-state index contributed by atoms with van der Waals surface area (Å²) in [6.45, 7) is 2.63. The largest absolute Gasteiger partial charge is 0.396 e. The van der Waals surface area contributed by atoms with Crippen LogP contribution in [0.25, 0.3) is 0 Å². The van der Waals surface area contributed by atoms with Gasteiger partial charge in [0.05, 0.1) is 0 Å². The molecule has 3 N–H and O–H groups in total. The molecular weight excluding hydrogens is 256 g/mol. The molecule has 0 fully saturated rings. The van der Waals surface area contributed by atoms with Crippen molar-refractivity contribution in [3.63, 3.8) is 0 Å². The molecular formula is C15H22N2O3. The number of unbranched alkanes of at least 4 members (excludes halogenated alkanes) is 3. The third kappa shape index (κ3) is 6.33. The zero-order valence-corrected chi connectivity index (χ0v) is 11.8. The minimum Gasteiger partial charge on any atom is -0.396 e. The summed E-state index contributed by atoms with van der Waals surface area (Å²) in [7, 11) is 0. The molecule has 0 saturated carbocycles. The Morgan fingerprint density at radius 3 is 2.30 bits per heavy atom. The van der Waals surface area contributed by atoms with Gasteiger partial charge >= 0.3 is 11.8 Å². The molecule has 0 aliphatic carbocycles. The van der Waals surface area contributed by atoms with Crippen LogP contribution in [0, 0.1) is 6.92 Å². The van der Waals surface area contributed by atoms with Crippen LogP contribution in [0.5, 0.6) is 0 Å². The number of aliphatic hydroxyl groups excluding tert-OH is 1. The summed E-state index contributed by atoms with van der Waals surface area (Å²) in [4.78, 5) is 23.1. The van der Waals surface area contributed by atoms with Gasteiger partial charge in [-0.3, -0.25) is 9.59 Å². The van der Waals surface area contributed by atoms with Gasteiger partial charge < -0.3 is 15.7 Å². The minimum atomic E-state index is -0.649. The molecule has 5 nitrogen and oxygen atoms in total. The molecule has 0 bridgehead atoms. The number of rotatable bonds is 7. The maximum absolute atomic E-state index is 11.6. The van der Waals surface area contributed by atoms with Gasteiger partial charge in [0, 0.05) is 18.8 Å². The summed E-state index contributed by atoms with van der Waals surface area (Å²) in [6.07, 6.45) is 3.45. The lowest BCUT2D eigenvalue weighted by molar-refractivity contribution is -0.136. The lowest BCUT2D eigenvalue weighted by Crippen LogP contribution is -2.35. The Bertz CT molecular complexity index is 429. The summed E-state index contributed by atoms with van der Waals surface area (Å²) in [5.74, 6) is -1.27. The van der Waals surface area contributed by atoms with Gasteiger partial charge in [0.1, 0.15) is 0 Å². The molecule has 0 saturated heterocycles. The van der Waals surface area contributed by atoms with Crippen LogP contribution in [0.15, 0.2) is 24.3 Å². The van der Waals surface area contributed by atoms with E-state index in [-0.39, 0.29) is 6.61 Å². The standard InChI is InChI=1S/C15H22N2O3/c1-12-6-8-13(9-7-12)17-15(20)14(19)16-10-4-2-3-5-11-18/h6-9,18H,2-5,10-11H2,1H3,(H,16,19)(H,17,20). The molecule has 1 rings (SSSR count). The molecule has 110 valence electrons. The van der Waals surface area contributed by atoms with E-state index < -0.39 is 11.8 Å². The van der Waals surface area contributed by atoms with E-state index in [4.69, 9.17) is 5.11 Å². The Kier molecular flexibility index (Phi) is 7.35. The van der Waals surface area contributed by atoms with Crippen LogP contribution in [0.3, 0.4) is 0 Å². The summed E-state index contributed by atoms with van der Waals surface area (Å²) in [5, 5.41) is 13.7. The highest BCUT2D eigenvalue weighted by Gasteiger charge is 2.12. The van der Waals surface area contributed by atoms with E-state index in [2.05, 4.69) is 10.6 Å². The monoisotopic (exact) mass is 278 g/mol. The van der Waals surface area contributed by atoms with Gasteiger partial charge in [-0.05, 0) is 31.9 Å². The number of anilines is 1. The first-order valence-corrected chi connectivity index (χ1v) is 6.90. The van der Waals surface area contributed by atoms with Gasteiger partial charge in [0.25, 0.3) is 0 Å². The third-order valence-electron chi connectivity index (χ3n) is 2.89.